The van der Waals surface area contributed by atoms with Gasteiger partial charge >= 0.3 is 5.97 Å². The van der Waals surface area contributed by atoms with Gasteiger partial charge < -0.3 is 15.2 Å². The second-order valence-electron chi connectivity index (χ2n) is 6.14. The smallest absolute Gasteiger partial charge is 0.307 e. The van der Waals surface area contributed by atoms with E-state index in [1.54, 1.807) is 6.07 Å². The van der Waals surface area contributed by atoms with Crippen molar-refractivity contribution in [2.24, 2.45) is 11.8 Å². The molecule has 22 heavy (non-hydrogen) atoms. The number of anilines is 1. The number of nitrogens with one attached hydrogen (secondary N) is 1. The first-order valence-electron chi connectivity index (χ1n) is 7.94. The molecule has 0 aromatic heterocycles. The van der Waals surface area contributed by atoms with Crippen LogP contribution in [-0.4, -0.2) is 23.1 Å². The molecule has 2 saturated carbocycles. The highest BCUT2D eigenvalue weighted by Gasteiger charge is 2.41. The van der Waals surface area contributed by atoms with Crippen molar-refractivity contribution in [3.63, 3.8) is 0 Å². The molecule has 5 nitrogen and oxygen atoms in total. The molecule has 0 heterocycles. The number of amides is 1. The summed E-state index contributed by atoms with van der Waals surface area (Å²) in [6, 6.07) is 7.37. The molecule has 118 valence electrons. The summed E-state index contributed by atoms with van der Waals surface area (Å²) in [7, 11) is 0. The molecule has 0 spiro atoms. The fourth-order valence-corrected chi connectivity index (χ4v) is 3.19. The number of carboxylic acids is 1. The average molecular weight is 303 g/mol. The number of ether oxygens (including phenoxy) is 1. The van der Waals surface area contributed by atoms with Crippen LogP contribution in [0.15, 0.2) is 24.3 Å². The van der Waals surface area contributed by atoms with Crippen molar-refractivity contribution in [1.82, 2.24) is 0 Å². The minimum atomic E-state index is -0.887. The molecule has 2 unspecified atom stereocenters. The summed E-state index contributed by atoms with van der Waals surface area (Å²) in [5.41, 5.74) is 0.635. The number of benzene rings is 1. The third kappa shape index (κ3) is 3.08. The van der Waals surface area contributed by atoms with Crippen molar-refractivity contribution in [2.75, 3.05) is 5.32 Å². The van der Waals surface area contributed by atoms with E-state index in [1.807, 2.05) is 18.2 Å². The molecule has 2 atom stereocenters. The van der Waals surface area contributed by atoms with E-state index in [0.717, 1.165) is 12.8 Å². The zero-order valence-electron chi connectivity index (χ0n) is 12.5. The molecule has 2 aliphatic carbocycles. The molecular weight excluding hydrogens is 282 g/mol. The Hall–Kier alpha value is -2.04. The summed E-state index contributed by atoms with van der Waals surface area (Å²) < 4.78 is 5.98. The predicted molar refractivity (Wildman–Crippen MR) is 81.8 cm³/mol. The van der Waals surface area contributed by atoms with E-state index in [4.69, 9.17) is 9.84 Å². The maximum atomic E-state index is 12.3. The Bertz CT molecular complexity index is 566. The van der Waals surface area contributed by atoms with Gasteiger partial charge in [-0.05, 0) is 50.7 Å². The van der Waals surface area contributed by atoms with E-state index in [2.05, 4.69) is 5.32 Å². The molecule has 1 aromatic rings. The zero-order valence-corrected chi connectivity index (χ0v) is 12.5. The van der Waals surface area contributed by atoms with Gasteiger partial charge in [-0.2, -0.15) is 0 Å². The van der Waals surface area contributed by atoms with Crippen LogP contribution in [0.5, 0.6) is 5.75 Å². The van der Waals surface area contributed by atoms with Crippen LogP contribution in [0.1, 0.15) is 38.5 Å². The molecule has 0 bridgehead atoms. The van der Waals surface area contributed by atoms with Crippen LogP contribution < -0.4 is 10.1 Å². The number of para-hydroxylation sites is 2. The van der Waals surface area contributed by atoms with E-state index in [-0.39, 0.29) is 12.0 Å². The highest BCUT2D eigenvalue weighted by atomic mass is 16.5. The van der Waals surface area contributed by atoms with Crippen molar-refractivity contribution in [3.8, 4) is 5.75 Å². The average Bonchev–Trinajstić information content (AvgIpc) is 2.92. The summed E-state index contributed by atoms with van der Waals surface area (Å²) in [4.78, 5) is 23.3. The van der Waals surface area contributed by atoms with Crippen molar-refractivity contribution < 1.29 is 19.4 Å². The number of aliphatic carboxylic acids is 1. The van der Waals surface area contributed by atoms with Crippen LogP contribution in [0.4, 0.5) is 5.69 Å². The molecule has 0 radical (unpaired) electrons. The third-order valence-electron chi connectivity index (χ3n) is 4.67. The molecule has 2 aliphatic rings. The Balaban J connectivity index is 1.66. The maximum Gasteiger partial charge on any atom is 0.307 e. The summed E-state index contributed by atoms with van der Waals surface area (Å²) in [5, 5.41) is 11.9. The summed E-state index contributed by atoms with van der Waals surface area (Å²) >= 11 is 0. The number of carbonyl (C=O) groups excluding carboxylic acids is 1. The van der Waals surface area contributed by atoms with Crippen LogP contribution in [0.3, 0.4) is 0 Å². The van der Waals surface area contributed by atoms with Crippen molar-refractivity contribution in [2.45, 2.75) is 44.6 Å². The van der Waals surface area contributed by atoms with E-state index >= 15 is 0 Å². The second-order valence-corrected chi connectivity index (χ2v) is 6.14. The van der Waals surface area contributed by atoms with E-state index in [9.17, 15) is 9.59 Å². The fourth-order valence-electron chi connectivity index (χ4n) is 3.19. The van der Waals surface area contributed by atoms with Gasteiger partial charge in [-0.3, -0.25) is 9.59 Å². The van der Waals surface area contributed by atoms with Gasteiger partial charge in [0.25, 0.3) is 0 Å². The predicted octanol–water partition coefficient (Wildman–Crippen LogP) is 3.06. The van der Waals surface area contributed by atoms with Gasteiger partial charge in [0.05, 0.1) is 23.6 Å². The summed E-state index contributed by atoms with van der Waals surface area (Å²) in [6.07, 6.45) is 5.89. The molecule has 5 heteroatoms. The molecule has 1 amide bonds. The van der Waals surface area contributed by atoms with Crippen molar-refractivity contribution >= 4 is 17.6 Å². The van der Waals surface area contributed by atoms with Gasteiger partial charge in [0.15, 0.2) is 0 Å². The van der Waals surface area contributed by atoms with Crippen molar-refractivity contribution in [3.05, 3.63) is 24.3 Å². The number of hydrogen-bond acceptors (Lipinski definition) is 3. The Morgan fingerprint density at radius 2 is 1.73 bits per heavy atom. The first kappa shape index (κ1) is 14.9. The number of carbonyl (C=O) groups is 2. The van der Waals surface area contributed by atoms with Crippen LogP contribution in [0, 0.1) is 11.8 Å². The molecule has 0 aliphatic heterocycles. The standard InChI is InChI=1S/C17H21NO4/c19-16(12-9-10-13(12)17(20)21)18-14-7-3-4-8-15(14)22-11-5-1-2-6-11/h3-4,7-8,11-13H,1-2,5-6,9-10H2,(H,18,19)(H,20,21). The summed E-state index contributed by atoms with van der Waals surface area (Å²) in [5.74, 6) is -1.42. The van der Waals surface area contributed by atoms with Crippen LogP contribution in [-0.2, 0) is 9.59 Å². The first-order valence-corrected chi connectivity index (χ1v) is 7.94. The highest BCUT2D eigenvalue weighted by molar-refractivity contribution is 5.97. The van der Waals surface area contributed by atoms with Gasteiger partial charge in [-0.15, -0.1) is 0 Å². The third-order valence-corrected chi connectivity index (χ3v) is 4.67. The Morgan fingerprint density at radius 1 is 1.05 bits per heavy atom. The summed E-state index contributed by atoms with van der Waals surface area (Å²) in [6.45, 7) is 0. The van der Waals surface area contributed by atoms with E-state index < -0.39 is 17.8 Å². The second kappa shape index (κ2) is 6.38. The topological polar surface area (TPSA) is 75.6 Å². The monoisotopic (exact) mass is 303 g/mol. The van der Waals surface area contributed by atoms with E-state index in [1.165, 1.54) is 12.8 Å². The van der Waals surface area contributed by atoms with Crippen molar-refractivity contribution in [1.29, 1.82) is 0 Å². The quantitative estimate of drug-likeness (QED) is 0.876. The van der Waals surface area contributed by atoms with Gasteiger partial charge in [-0.25, -0.2) is 0 Å². The number of rotatable bonds is 5. The molecule has 3 rings (SSSR count). The lowest BCUT2D eigenvalue weighted by Gasteiger charge is -2.32. The SMILES string of the molecule is O=C(O)C1CCC1C(=O)Nc1ccccc1OC1CCCC1. The van der Waals surface area contributed by atoms with Crippen LogP contribution in [0.25, 0.3) is 0 Å². The van der Waals surface area contributed by atoms with Gasteiger partial charge in [0.2, 0.25) is 5.91 Å². The Morgan fingerprint density at radius 3 is 2.36 bits per heavy atom. The van der Waals surface area contributed by atoms with Gasteiger partial charge in [0, 0.05) is 0 Å². The normalized spacial score (nSPS) is 24.5. The Kier molecular flexibility index (Phi) is 4.32. The lowest BCUT2D eigenvalue weighted by Crippen LogP contribution is -2.41. The first-order chi connectivity index (χ1) is 10.6. The minimum Gasteiger partial charge on any atom is -0.488 e. The van der Waals surface area contributed by atoms with E-state index in [0.29, 0.717) is 24.3 Å². The van der Waals surface area contributed by atoms with Gasteiger partial charge in [-0.1, -0.05) is 12.1 Å². The molecule has 2 N–H and O–H groups in total. The zero-order chi connectivity index (χ0) is 15.5. The lowest BCUT2D eigenvalue weighted by molar-refractivity contribution is -0.151. The van der Waals surface area contributed by atoms with Crippen LogP contribution >= 0.6 is 0 Å². The Labute approximate surface area is 129 Å². The molecule has 1 aromatic carbocycles. The van der Waals surface area contributed by atoms with Crippen LogP contribution in [0.2, 0.25) is 0 Å². The minimum absolute atomic E-state index is 0.216. The molecular formula is C17H21NO4. The molecule has 2 fully saturated rings. The highest BCUT2D eigenvalue weighted by Crippen LogP contribution is 2.36. The maximum absolute atomic E-state index is 12.3. The fraction of sp³-hybridized carbons (Fsp3) is 0.529. The number of hydrogen-bond donors (Lipinski definition) is 2. The molecule has 0 saturated heterocycles. The van der Waals surface area contributed by atoms with Gasteiger partial charge in [0.1, 0.15) is 5.75 Å². The number of carboxylic acid groups (broad SMARTS) is 1. The largest absolute Gasteiger partial charge is 0.488 e. The lowest BCUT2D eigenvalue weighted by atomic mass is 9.73.